The summed E-state index contributed by atoms with van der Waals surface area (Å²) in [5.74, 6) is 0.447. The zero-order valence-electron chi connectivity index (χ0n) is 11.8. The topological polar surface area (TPSA) is 49.8 Å². The largest absolute Gasteiger partial charge is 0.478 e. The van der Waals surface area contributed by atoms with Crippen LogP contribution in [-0.4, -0.2) is 25.2 Å². The number of anilines is 1. The second-order valence-electron chi connectivity index (χ2n) is 4.78. The number of rotatable bonds is 4. The van der Waals surface area contributed by atoms with Crippen LogP contribution in [0.5, 0.6) is 11.5 Å². The first kappa shape index (κ1) is 13.9. The predicted molar refractivity (Wildman–Crippen MR) is 79.0 cm³/mol. The molecule has 0 saturated carbocycles. The van der Waals surface area contributed by atoms with Crippen molar-refractivity contribution in [2.24, 2.45) is 0 Å². The molecule has 2 aromatic rings. The van der Waals surface area contributed by atoms with Gasteiger partial charge in [-0.2, -0.15) is 0 Å². The molecule has 0 heterocycles. The molecule has 0 atom stereocenters. The van der Waals surface area contributed by atoms with Crippen molar-refractivity contribution >= 4 is 11.7 Å². The molecule has 0 aliphatic carbocycles. The van der Waals surface area contributed by atoms with E-state index in [4.69, 9.17) is 9.84 Å². The van der Waals surface area contributed by atoms with Gasteiger partial charge in [0.25, 0.3) is 0 Å². The summed E-state index contributed by atoms with van der Waals surface area (Å²) in [6.07, 6.45) is 0. The Bertz CT molecular complexity index is 635. The maximum atomic E-state index is 10.9. The lowest BCUT2D eigenvalue weighted by Crippen LogP contribution is -2.08. The monoisotopic (exact) mass is 271 g/mol. The molecule has 0 aromatic heterocycles. The molecule has 2 rings (SSSR count). The van der Waals surface area contributed by atoms with Crippen molar-refractivity contribution in [1.29, 1.82) is 0 Å². The van der Waals surface area contributed by atoms with Gasteiger partial charge in [0.2, 0.25) is 0 Å². The van der Waals surface area contributed by atoms with E-state index >= 15 is 0 Å². The molecule has 2 aromatic carbocycles. The minimum absolute atomic E-state index is 0.261. The summed E-state index contributed by atoms with van der Waals surface area (Å²) in [4.78, 5) is 12.9. The number of benzene rings is 2. The third-order valence-electron chi connectivity index (χ3n) is 2.98. The highest BCUT2D eigenvalue weighted by molar-refractivity contribution is 5.88. The first-order valence-electron chi connectivity index (χ1n) is 6.26. The van der Waals surface area contributed by atoms with Gasteiger partial charge in [-0.1, -0.05) is 6.07 Å². The van der Waals surface area contributed by atoms with Crippen LogP contribution in [0.4, 0.5) is 5.69 Å². The molecule has 0 bridgehead atoms. The SMILES string of the molecule is Cc1cc(C(=O)O)ccc1Oc1cccc(N(C)C)c1. The Morgan fingerprint density at radius 3 is 2.50 bits per heavy atom. The third-order valence-corrected chi connectivity index (χ3v) is 2.98. The number of carboxylic acids is 1. The van der Waals surface area contributed by atoms with Gasteiger partial charge in [-0.15, -0.1) is 0 Å². The molecule has 4 nitrogen and oxygen atoms in total. The summed E-state index contributed by atoms with van der Waals surface area (Å²) in [5, 5.41) is 8.94. The van der Waals surface area contributed by atoms with Crippen LogP contribution in [0.2, 0.25) is 0 Å². The van der Waals surface area contributed by atoms with E-state index in [2.05, 4.69) is 0 Å². The summed E-state index contributed by atoms with van der Waals surface area (Å²) in [7, 11) is 3.93. The average molecular weight is 271 g/mol. The van der Waals surface area contributed by atoms with E-state index in [0.717, 1.165) is 17.0 Å². The number of aromatic carboxylic acids is 1. The number of carboxylic acid groups (broad SMARTS) is 1. The van der Waals surface area contributed by atoms with E-state index < -0.39 is 5.97 Å². The summed E-state index contributed by atoms with van der Waals surface area (Å²) >= 11 is 0. The van der Waals surface area contributed by atoms with Gasteiger partial charge < -0.3 is 14.7 Å². The maximum Gasteiger partial charge on any atom is 0.335 e. The van der Waals surface area contributed by atoms with Crippen LogP contribution in [0.3, 0.4) is 0 Å². The zero-order valence-corrected chi connectivity index (χ0v) is 11.8. The van der Waals surface area contributed by atoms with Gasteiger partial charge in [0.05, 0.1) is 5.56 Å². The van der Waals surface area contributed by atoms with E-state index in [-0.39, 0.29) is 5.56 Å². The molecular weight excluding hydrogens is 254 g/mol. The number of carbonyl (C=O) groups is 1. The number of aryl methyl sites for hydroxylation is 1. The maximum absolute atomic E-state index is 10.9. The Morgan fingerprint density at radius 2 is 1.90 bits per heavy atom. The Labute approximate surface area is 118 Å². The zero-order chi connectivity index (χ0) is 14.7. The summed E-state index contributed by atoms with van der Waals surface area (Å²) in [6, 6.07) is 12.6. The highest BCUT2D eigenvalue weighted by Crippen LogP contribution is 2.28. The smallest absolute Gasteiger partial charge is 0.335 e. The summed E-state index contributed by atoms with van der Waals surface area (Å²) < 4.78 is 5.82. The van der Waals surface area contributed by atoms with Gasteiger partial charge in [0, 0.05) is 25.8 Å². The van der Waals surface area contributed by atoms with E-state index in [1.54, 1.807) is 18.2 Å². The van der Waals surface area contributed by atoms with Crippen molar-refractivity contribution in [2.45, 2.75) is 6.92 Å². The van der Waals surface area contributed by atoms with Gasteiger partial charge >= 0.3 is 5.97 Å². The first-order chi connectivity index (χ1) is 9.47. The lowest BCUT2D eigenvalue weighted by atomic mass is 10.1. The van der Waals surface area contributed by atoms with Crippen LogP contribution in [0.25, 0.3) is 0 Å². The summed E-state index contributed by atoms with van der Waals surface area (Å²) in [6.45, 7) is 1.83. The van der Waals surface area contributed by atoms with Crippen LogP contribution < -0.4 is 9.64 Å². The Kier molecular flexibility index (Phi) is 3.94. The fraction of sp³-hybridized carbons (Fsp3) is 0.188. The minimum atomic E-state index is -0.936. The molecule has 4 heteroatoms. The quantitative estimate of drug-likeness (QED) is 0.923. The molecule has 0 aliphatic heterocycles. The van der Waals surface area contributed by atoms with Gasteiger partial charge in [-0.25, -0.2) is 4.79 Å². The second-order valence-corrected chi connectivity index (χ2v) is 4.78. The number of hydrogen-bond donors (Lipinski definition) is 1. The van der Waals surface area contributed by atoms with E-state index in [9.17, 15) is 4.79 Å². The number of ether oxygens (including phenoxy) is 1. The molecule has 104 valence electrons. The van der Waals surface area contributed by atoms with Crippen molar-refractivity contribution in [2.75, 3.05) is 19.0 Å². The van der Waals surface area contributed by atoms with Crippen molar-refractivity contribution in [3.05, 3.63) is 53.6 Å². The lowest BCUT2D eigenvalue weighted by molar-refractivity contribution is 0.0697. The minimum Gasteiger partial charge on any atom is -0.478 e. The predicted octanol–water partition coefficient (Wildman–Crippen LogP) is 3.55. The van der Waals surface area contributed by atoms with Crippen molar-refractivity contribution < 1.29 is 14.6 Å². The third kappa shape index (κ3) is 3.09. The van der Waals surface area contributed by atoms with Gasteiger partial charge in [-0.05, 0) is 42.8 Å². The Balaban J connectivity index is 2.26. The van der Waals surface area contributed by atoms with Crippen molar-refractivity contribution in [3.63, 3.8) is 0 Å². The van der Waals surface area contributed by atoms with Crippen LogP contribution in [0.15, 0.2) is 42.5 Å². The van der Waals surface area contributed by atoms with Crippen molar-refractivity contribution in [3.8, 4) is 11.5 Å². The van der Waals surface area contributed by atoms with Crippen molar-refractivity contribution in [1.82, 2.24) is 0 Å². The van der Waals surface area contributed by atoms with E-state index in [0.29, 0.717) is 5.75 Å². The lowest BCUT2D eigenvalue weighted by Gasteiger charge is -2.14. The van der Waals surface area contributed by atoms with Gasteiger partial charge in [0.1, 0.15) is 11.5 Å². The molecule has 0 radical (unpaired) electrons. The average Bonchev–Trinajstić information content (AvgIpc) is 2.41. The first-order valence-corrected chi connectivity index (χ1v) is 6.26. The number of hydrogen-bond acceptors (Lipinski definition) is 3. The van der Waals surface area contributed by atoms with Crippen LogP contribution >= 0.6 is 0 Å². The standard InChI is InChI=1S/C16H17NO3/c1-11-9-12(16(18)19)7-8-15(11)20-14-6-4-5-13(10-14)17(2)3/h4-10H,1-3H3,(H,18,19). The fourth-order valence-electron chi connectivity index (χ4n) is 1.85. The molecule has 0 aliphatic rings. The Morgan fingerprint density at radius 1 is 1.15 bits per heavy atom. The van der Waals surface area contributed by atoms with Crippen LogP contribution in [0.1, 0.15) is 15.9 Å². The molecule has 0 saturated heterocycles. The Hall–Kier alpha value is -2.49. The van der Waals surface area contributed by atoms with E-state index in [1.165, 1.54) is 0 Å². The molecule has 0 spiro atoms. The molecule has 0 amide bonds. The summed E-state index contributed by atoms with van der Waals surface area (Å²) in [5.41, 5.74) is 2.10. The highest BCUT2D eigenvalue weighted by atomic mass is 16.5. The molecule has 20 heavy (non-hydrogen) atoms. The number of nitrogens with zero attached hydrogens (tertiary/aromatic N) is 1. The van der Waals surface area contributed by atoms with Gasteiger partial charge in [-0.3, -0.25) is 0 Å². The fourth-order valence-corrected chi connectivity index (χ4v) is 1.85. The van der Waals surface area contributed by atoms with Crippen LogP contribution in [-0.2, 0) is 0 Å². The normalized spacial score (nSPS) is 10.2. The van der Waals surface area contributed by atoms with E-state index in [1.807, 2.05) is 50.2 Å². The molecule has 1 N–H and O–H groups in total. The molecule has 0 fully saturated rings. The van der Waals surface area contributed by atoms with Gasteiger partial charge in [0.15, 0.2) is 0 Å². The second kappa shape index (κ2) is 5.65. The highest BCUT2D eigenvalue weighted by Gasteiger charge is 2.07. The molecule has 0 unspecified atom stereocenters. The van der Waals surface area contributed by atoms with Crippen LogP contribution in [0, 0.1) is 6.92 Å². The molecular formula is C16H17NO3.